The van der Waals surface area contributed by atoms with Crippen LogP contribution in [0.5, 0.6) is 11.5 Å². The molecule has 6 fully saturated rings. The number of amides is 2. The number of nitrogens with zero attached hydrogens (tertiary/aromatic N) is 1. The fourth-order valence-electron chi connectivity index (χ4n) is 9.01. The maximum absolute atomic E-state index is 13.1. The number of carbonyl (C=O) groups excluding carboxylic acids is 3. The van der Waals surface area contributed by atoms with Gasteiger partial charge in [-0.1, -0.05) is 19.9 Å². The second-order valence-corrected chi connectivity index (χ2v) is 18.9. The Morgan fingerprint density at radius 2 is 1.65 bits per heavy atom. The summed E-state index contributed by atoms with van der Waals surface area (Å²) in [6.07, 6.45) is 0.440. The summed E-state index contributed by atoms with van der Waals surface area (Å²) >= 11 is 0. The van der Waals surface area contributed by atoms with E-state index in [9.17, 15) is 29.4 Å². The normalized spacial score (nSPS) is 29.4. The van der Waals surface area contributed by atoms with Crippen LogP contribution in [0.4, 0.5) is 9.59 Å². The molecule has 1 aromatic rings. The predicted molar refractivity (Wildman–Crippen MR) is 200 cm³/mol. The van der Waals surface area contributed by atoms with Crippen LogP contribution in [0.1, 0.15) is 110 Å². The minimum atomic E-state index is -1.43. The van der Waals surface area contributed by atoms with Gasteiger partial charge in [-0.3, -0.25) is 9.69 Å². The number of aliphatic hydroxyl groups is 1. The zero-order valence-corrected chi connectivity index (χ0v) is 33.8. The molecule has 4 saturated carbocycles. The van der Waals surface area contributed by atoms with Crippen LogP contribution in [-0.4, -0.2) is 114 Å². The maximum Gasteiger partial charge on any atom is 0.514 e. The summed E-state index contributed by atoms with van der Waals surface area (Å²) in [5, 5.41) is 25.1. The van der Waals surface area contributed by atoms with Gasteiger partial charge in [0.2, 0.25) is 5.91 Å². The van der Waals surface area contributed by atoms with Crippen molar-refractivity contribution in [2.24, 2.45) is 17.3 Å². The predicted octanol–water partition coefficient (Wildman–Crippen LogP) is 4.74. The molecule has 2 saturated heterocycles. The van der Waals surface area contributed by atoms with E-state index >= 15 is 0 Å². The third-order valence-electron chi connectivity index (χ3n) is 11.9. The van der Waals surface area contributed by atoms with Crippen molar-refractivity contribution in [2.45, 2.75) is 135 Å². The summed E-state index contributed by atoms with van der Waals surface area (Å²) in [5.74, 6) is -1.22. The lowest BCUT2D eigenvalue weighted by Crippen LogP contribution is -2.67. The smallest absolute Gasteiger partial charge is 0.487 e. The molecule has 6 aliphatic rings. The number of hydrogen-bond donors (Lipinski definition) is 4. The zero-order chi connectivity index (χ0) is 40.5. The van der Waals surface area contributed by atoms with Crippen molar-refractivity contribution in [2.75, 3.05) is 32.8 Å². The fraction of sp³-hybridized carbons (Fsp3) is 0.744. The molecule has 16 heteroatoms. The first-order chi connectivity index (χ1) is 25.4. The Kier molecular flexibility index (Phi) is 10.8. The van der Waals surface area contributed by atoms with Crippen molar-refractivity contribution in [3.63, 3.8) is 0 Å². The molecule has 2 aliphatic heterocycles. The van der Waals surface area contributed by atoms with Gasteiger partial charge in [0.15, 0.2) is 5.75 Å². The van der Waals surface area contributed by atoms with E-state index in [0.717, 1.165) is 12.8 Å². The van der Waals surface area contributed by atoms with E-state index in [1.165, 1.54) is 0 Å². The number of ether oxygens (including phenoxy) is 4. The van der Waals surface area contributed by atoms with Gasteiger partial charge in [-0.15, -0.1) is 0 Å². The van der Waals surface area contributed by atoms with Gasteiger partial charge in [0.1, 0.15) is 34.2 Å². The van der Waals surface area contributed by atoms with Gasteiger partial charge in [0.25, 0.3) is 0 Å². The first-order valence-electron chi connectivity index (χ1n) is 19.4. The summed E-state index contributed by atoms with van der Waals surface area (Å²) in [4.78, 5) is 53.8. The molecule has 2 amide bonds. The highest BCUT2D eigenvalue weighted by Crippen LogP contribution is 2.68. The van der Waals surface area contributed by atoms with E-state index < -0.39 is 54.1 Å². The molecule has 2 heterocycles. The molecule has 3 unspecified atom stereocenters. The largest absolute Gasteiger partial charge is 0.514 e. The lowest BCUT2D eigenvalue weighted by molar-refractivity contribution is -0.199. The number of carboxylic acid groups (broad SMARTS) is 1. The zero-order valence-electron chi connectivity index (χ0n) is 33.8. The molecule has 15 nitrogen and oxygen atoms in total. The molecular formula is C39H58BN3O12. The van der Waals surface area contributed by atoms with Crippen molar-refractivity contribution in [1.29, 1.82) is 0 Å². The average molecular weight is 772 g/mol. The molecule has 4 aliphatic carbocycles. The Labute approximate surface area is 323 Å². The van der Waals surface area contributed by atoms with Crippen LogP contribution >= 0.6 is 0 Å². The highest BCUT2D eigenvalue weighted by atomic mass is 16.7. The topological polar surface area (TPSA) is 191 Å². The number of hydrogen-bond acceptors (Lipinski definition) is 12. The van der Waals surface area contributed by atoms with Gasteiger partial charge in [-0.25, -0.2) is 14.4 Å². The SMILES string of the molecule is CC(C)(C)OC(=O)N[C@](C)(CN1CC(Oc2ccc(C3CC3B3OC4C[C@@H]5C[C@@H](C5(C)C)[C@]4(C)O3)c(OC(=O)OC(C)(C)C)c2C(=O)O)C1)C(=O)NCCO. The summed E-state index contributed by atoms with van der Waals surface area (Å²) in [5.41, 5.74) is -3.08. The molecule has 2 bridgehead atoms. The number of carbonyl (C=O) groups is 4. The van der Waals surface area contributed by atoms with E-state index in [4.69, 9.17) is 28.3 Å². The molecule has 4 N–H and O–H groups in total. The van der Waals surface area contributed by atoms with Crippen LogP contribution in [0.2, 0.25) is 5.82 Å². The number of alkyl carbamates (subject to hydrolysis) is 1. The van der Waals surface area contributed by atoms with Crippen LogP contribution in [0.15, 0.2) is 12.1 Å². The van der Waals surface area contributed by atoms with Crippen molar-refractivity contribution >= 4 is 31.2 Å². The van der Waals surface area contributed by atoms with Gasteiger partial charge in [-0.05, 0) is 109 Å². The number of carboxylic acids is 1. The van der Waals surface area contributed by atoms with Gasteiger partial charge < -0.3 is 49.1 Å². The Morgan fingerprint density at radius 1 is 0.982 bits per heavy atom. The second kappa shape index (κ2) is 14.4. The van der Waals surface area contributed by atoms with Crippen LogP contribution in [0.3, 0.4) is 0 Å². The highest BCUT2D eigenvalue weighted by molar-refractivity contribution is 6.49. The first kappa shape index (κ1) is 41.1. The third-order valence-corrected chi connectivity index (χ3v) is 11.9. The first-order valence-corrected chi connectivity index (χ1v) is 19.4. The molecule has 304 valence electrons. The van der Waals surface area contributed by atoms with E-state index in [0.29, 0.717) is 36.9 Å². The molecule has 0 spiro atoms. The molecule has 55 heavy (non-hydrogen) atoms. The van der Waals surface area contributed by atoms with Crippen LogP contribution in [-0.2, 0) is 23.6 Å². The quantitative estimate of drug-likeness (QED) is 0.130. The molecule has 1 aromatic carbocycles. The Bertz CT molecular complexity index is 1690. The monoisotopic (exact) mass is 771 g/mol. The molecule has 0 aromatic heterocycles. The van der Waals surface area contributed by atoms with Gasteiger partial charge in [-0.2, -0.15) is 0 Å². The van der Waals surface area contributed by atoms with Crippen LogP contribution < -0.4 is 20.1 Å². The molecule has 7 atom stereocenters. The number of aromatic carboxylic acids is 1. The lowest BCUT2D eigenvalue weighted by atomic mass is 9.43. The lowest BCUT2D eigenvalue weighted by Gasteiger charge is -2.64. The Balaban J connectivity index is 1.18. The Morgan fingerprint density at radius 3 is 2.25 bits per heavy atom. The summed E-state index contributed by atoms with van der Waals surface area (Å²) < 4.78 is 36.1. The van der Waals surface area contributed by atoms with Crippen molar-refractivity contribution in [3.05, 3.63) is 23.3 Å². The summed E-state index contributed by atoms with van der Waals surface area (Å²) in [6.45, 7) is 18.9. The molecule has 0 radical (unpaired) electrons. The summed E-state index contributed by atoms with van der Waals surface area (Å²) in [7, 11) is -0.462. The van der Waals surface area contributed by atoms with Gasteiger partial charge in [0, 0.05) is 32.0 Å². The number of rotatable bonds is 12. The van der Waals surface area contributed by atoms with E-state index in [1.54, 1.807) is 60.6 Å². The van der Waals surface area contributed by atoms with Crippen LogP contribution in [0, 0.1) is 17.3 Å². The van der Waals surface area contributed by atoms with Crippen molar-refractivity contribution < 1.29 is 57.6 Å². The van der Waals surface area contributed by atoms with Crippen molar-refractivity contribution in [1.82, 2.24) is 15.5 Å². The van der Waals surface area contributed by atoms with Crippen LogP contribution in [0.25, 0.3) is 0 Å². The standard InChI is InChI=1S/C39H58BN3O12/c1-35(2,3)52-33(48)42-38(9,32(47)41-13-14-44)20-43-18-22(19-43)50-26-12-11-23(30(29(26)31(45)46)51-34(49)53-36(4,5)6)24-17-25(24)40-54-28-16-21-15-27(37(21,7)8)39(28,10)55-40/h11-12,21-22,24-25,27-28,44H,13-20H2,1-10H3,(H,41,47)(H,42,48)(H,45,46)/t21-,24?,25?,27-,28?,38+,39-/m0/s1. The maximum atomic E-state index is 13.1. The second-order valence-electron chi connectivity index (χ2n) is 18.9. The van der Waals surface area contributed by atoms with Crippen molar-refractivity contribution in [3.8, 4) is 11.5 Å². The van der Waals surface area contributed by atoms with E-state index in [-0.39, 0.29) is 65.6 Å². The number of nitrogens with one attached hydrogen (secondary N) is 2. The van der Waals surface area contributed by atoms with E-state index in [1.807, 2.05) is 4.90 Å². The minimum Gasteiger partial charge on any atom is -0.487 e. The molecule has 7 rings (SSSR count). The average Bonchev–Trinajstić information content (AvgIpc) is 3.73. The minimum absolute atomic E-state index is 0.000738. The van der Waals surface area contributed by atoms with Gasteiger partial charge >= 0.3 is 25.3 Å². The number of aliphatic hydroxyl groups excluding tert-OH is 1. The Hall–Kier alpha value is -3.60. The third kappa shape index (κ3) is 8.42. The summed E-state index contributed by atoms with van der Waals surface area (Å²) in [6, 6.07) is 3.32. The fourth-order valence-corrected chi connectivity index (χ4v) is 9.01. The number of benzene rings is 1. The van der Waals surface area contributed by atoms with Gasteiger partial charge in [0.05, 0.1) is 18.3 Å². The molecular weight excluding hydrogens is 713 g/mol. The van der Waals surface area contributed by atoms with E-state index in [2.05, 4.69) is 31.4 Å². The number of likely N-dealkylation sites (tertiary alicyclic amines) is 1. The highest BCUT2D eigenvalue weighted by Gasteiger charge is 2.70.